The summed E-state index contributed by atoms with van der Waals surface area (Å²) in [5.41, 5.74) is 0. The normalized spacial score (nSPS) is 29.6. The summed E-state index contributed by atoms with van der Waals surface area (Å²) in [6.07, 6.45) is 5.54. The van der Waals surface area contributed by atoms with E-state index in [0.29, 0.717) is 22.2 Å². The van der Waals surface area contributed by atoms with Gasteiger partial charge in [0.25, 0.3) is 0 Å². The number of carbonyl (C=O) groups excluding carboxylic acids is 1. The molecule has 0 aliphatic carbocycles. The number of unbranched alkanes of at least 4 members (excludes halogenated alkanes) is 1. The Bertz CT molecular complexity index is 230. The summed E-state index contributed by atoms with van der Waals surface area (Å²) in [6, 6.07) is 0. The third kappa shape index (κ3) is 4.22. The average Bonchev–Trinajstić information content (AvgIpc) is 2.23. The fraction of sp³-hybridized carbons (Fsp3) is 0.923. The molecule has 0 bridgehead atoms. The van der Waals surface area contributed by atoms with Crippen molar-refractivity contribution < 1.29 is 9.53 Å². The second-order valence-electron chi connectivity index (χ2n) is 5.14. The van der Waals surface area contributed by atoms with Gasteiger partial charge in [-0.3, -0.25) is 4.79 Å². The highest BCUT2D eigenvalue weighted by atomic mass is 127. The highest BCUT2D eigenvalue weighted by molar-refractivity contribution is 14.1. The molecule has 1 fully saturated rings. The van der Waals surface area contributed by atoms with E-state index in [2.05, 4.69) is 43.4 Å². The van der Waals surface area contributed by atoms with E-state index in [1.165, 1.54) is 19.3 Å². The largest absolute Gasteiger partial charge is 0.461 e. The summed E-state index contributed by atoms with van der Waals surface area (Å²) in [5.74, 6) is 1.12. The minimum atomic E-state index is -0.00638. The van der Waals surface area contributed by atoms with Crippen LogP contribution in [0.4, 0.5) is 0 Å². The SMILES string of the molecule is CCCC[C@@H](C)[C@H](I)[C@H]1C[C@@H](C)CC(=O)O1. The van der Waals surface area contributed by atoms with Crippen molar-refractivity contribution in [2.45, 2.75) is 62.9 Å². The van der Waals surface area contributed by atoms with Gasteiger partial charge >= 0.3 is 5.97 Å². The molecule has 0 amide bonds. The van der Waals surface area contributed by atoms with Crippen molar-refractivity contribution in [3.8, 4) is 0 Å². The molecule has 4 atom stereocenters. The molecule has 0 spiro atoms. The molecule has 1 rings (SSSR count). The van der Waals surface area contributed by atoms with Crippen molar-refractivity contribution in [2.75, 3.05) is 0 Å². The average molecular weight is 338 g/mol. The third-order valence-corrected chi connectivity index (χ3v) is 5.37. The van der Waals surface area contributed by atoms with E-state index in [1.807, 2.05) is 0 Å². The maximum Gasteiger partial charge on any atom is 0.306 e. The summed E-state index contributed by atoms with van der Waals surface area (Å²) >= 11 is 2.47. The lowest BCUT2D eigenvalue weighted by Crippen LogP contribution is -2.37. The first-order valence-electron chi connectivity index (χ1n) is 6.38. The molecule has 0 N–H and O–H groups in total. The van der Waals surface area contributed by atoms with Crippen molar-refractivity contribution >= 4 is 28.6 Å². The van der Waals surface area contributed by atoms with Gasteiger partial charge in [0.1, 0.15) is 6.10 Å². The van der Waals surface area contributed by atoms with Gasteiger partial charge in [0.05, 0.1) is 3.92 Å². The zero-order valence-electron chi connectivity index (χ0n) is 10.5. The van der Waals surface area contributed by atoms with Gasteiger partial charge in [0, 0.05) is 6.42 Å². The number of cyclic esters (lactones) is 1. The minimum Gasteiger partial charge on any atom is -0.461 e. The number of alkyl halides is 1. The molecule has 3 heteroatoms. The van der Waals surface area contributed by atoms with Crippen molar-refractivity contribution in [1.82, 2.24) is 0 Å². The monoisotopic (exact) mass is 338 g/mol. The second-order valence-corrected chi connectivity index (χ2v) is 6.58. The first-order valence-corrected chi connectivity index (χ1v) is 7.62. The maximum atomic E-state index is 11.4. The zero-order valence-corrected chi connectivity index (χ0v) is 12.7. The highest BCUT2D eigenvalue weighted by Gasteiger charge is 2.33. The van der Waals surface area contributed by atoms with Gasteiger partial charge < -0.3 is 4.74 Å². The summed E-state index contributed by atoms with van der Waals surface area (Å²) in [6.45, 7) is 6.64. The van der Waals surface area contributed by atoms with Gasteiger partial charge in [0.2, 0.25) is 0 Å². The molecular formula is C13H23IO2. The van der Waals surface area contributed by atoms with E-state index in [9.17, 15) is 4.79 Å². The molecule has 0 aromatic carbocycles. The van der Waals surface area contributed by atoms with E-state index in [4.69, 9.17) is 4.74 Å². The number of hydrogen-bond acceptors (Lipinski definition) is 2. The smallest absolute Gasteiger partial charge is 0.306 e. The van der Waals surface area contributed by atoms with Crippen LogP contribution >= 0.6 is 22.6 Å². The Morgan fingerprint density at radius 3 is 2.81 bits per heavy atom. The lowest BCUT2D eigenvalue weighted by molar-refractivity contribution is -0.156. The van der Waals surface area contributed by atoms with Crippen LogP contribution in [0.1, 0.15) is 52.9 Å². The standard InChI is InChI=1S/C13H23IO2/c1-4-5-6-10(3)13(14)11-7-9(2)8-12(15)16-11/h9-11,13H,4-8H2,1-3H3/t9-,10-,11-,13+/m1/s1. The van der Waals surface area contributed by atoms with Crippen LogP contribution in [0, 0.1) is 11.8 Å². The van der Waals surface area contributed by atoms with Gasteiger partial charge in [0.15, 0.2) is 0 Å². The molecule has 0 saturated carbocycles. The molecule has 16 heavy (non-hydrogen) atoms. The van der Waals surface area contributed by atoms with Crippen LogP contribution in [0.2, 0.25) is 0 Å². The third-order valence-electron chi connectivity index (χ3n) is 3.34. The molecule has 1 aliphatic heterocycles. The van der Waals surface area contributed by atoms with Crippen LogP contribution in [0.15, 0.2) is 0 Å². The van der Waals surface area contributed by atoms with E-state index >= 15 is 0 Å². The Kier molecular flexibility index (Phi) is 6.08. The van der Waals surface area contributed by atoms with Gasteiger partial charge in [-0.15, -0.1) is 0 Å². The van der Waals surface area contributed by atoms with Gasteiger partial charge in [-0.25, -0.2) is 0 Å². The van der Waals surface area contributed by atoms with Crippen LogP contribution in [-0.2, 0) is 9.53 Å². The van der Waals surface area contributed by atoms with Crippen molar-refractivity contribution in [3.05, 3.63) is 0 Å². The Labute approximate surface area is 113 Å². The fourth-order valence-electron chi connectivity index (χ4n) is 2.28. The van der Waals surface area contributed by atoms with Crippen LogP contribution in [0.3, 0.4) is 0 Å². The number of ether oxygens (including phenoxy) is 1. The summed E-state index contributed by atoms with van der Waals surface area (Å²) in [7, 11) is 0. The fourth-order valence-corrected chi connectivity index (χ4v) is 3.08. The van der Waals surface area contributed by atoms with Crippen LogP contribution in [0.5, 0.6) is 0 Å². The predicted molar refractivity (Wildman–Crippen MR) is 74.8 cm³/mol. The number of halogens is 1. The van der Waals surface area contributed by atoms with Gasteiger partial charge in [-0.05, 0) is 24.7 Å². The molecule has 0 unspecified atom stereocenters. The molecule has 0 aromatic rings. The molecule has 0 radical (unpaired) electrons. The summed E-state index contributed by atoms with van der Waals surface area (Å²) in [5, 5.41) is 0. The Hall–Kier alpha value is 0.200. The van der Waals surface area contributed by atoms with E-state index in [0.717, 1.165) is 6.42 Å². The van der Waals surface area contributed by atoms with Crippen LogP contribution in [0.25, 0.3) is 0 Å². The molecule has 94 valence electrons. The minimum absolute atomic E-state index is 0.00638. The lowest BCUT2D eigenvalue weighted by Gasteiger charge is -2.32. The Morgan fingerprint density at radius 2 is 2.25 bits per heavy atom. The predicted octanol–water partition coefficient (Wildman–Crippen LogP) is 3.96. The lowest BCUT2D eigenvalue weighted by atomic mass is 9.90. The Morgan fingerprint density at radius 1 is 1.56 bits per heavy atom. The molecule has 1 aliphatic rings. The second kappa shape index (κ2) is 6.82. The van der Waals surface area contributed by atoms with E-state index in [1.54, 1.807) is 0 Å². The maximum absolute atomic E-state index is 11.4. The summed E-state index contributed by atoms with van der Waals surface area (Å²) < 4.78 is 5.94. The quantitative estimate of drug-likeness (QED) is 0.431. The Balaban J connectivity index is 2.45. The molecule has 1 heterocycles. The highest BCUT2D eigenvalue weighted by Crippen LogP contribution is 2.31. The number of esters is 1. The molecular weight excluding hydrogens is 315 g/mol. The summed E-state index contributed by atoms with van der Waals surface area (Å²) in [4.78, 5) is 11.4. The van der Waals surface area contributed by atoms with Crippen molar-refractivity contribution in [3.63, 3.8) is 0 Å². The number of rotatable bonds is 5. The number of carbonyl (C=O) groups is 1. The molecule has 0 aromatic heterocycles. The zero-order chi connectivity index (χ0) is 12.1. The van der Waals surface area contributed by atoms with E-state index in [-0.39, 0.29) is 12.1 Å². The van der Waals surface area contributed by atoms with Crippen molar-refractivity contribution in [1.29, 1.82) is 0 Å². The van der Waals surface area contributed by atoms with Gasteiger partial charge in [-0.2, -0.15) is 0 Å². The van der Waals surface area contributed by atoms with E-state index < -0.39 is 0 Å². The van der Waals surface area contributed by atoms with Gasteiger partial charge in [-0.1, -0.05) is 56.2 Å². The molecule has 1 saturated heterocycles. The van der Waals surface area contributed by atoms with Crippen molar-refractivity contribution in [2.24, 2.45) is 11.8 Å². The van der Waals surface area contributed by atoms with Crippen LogP contribution in [-0.4, -0.2) is 16.0 Å². The molecule has 2 nitrogen and oxygen atoms in total. The number of hydrogen-bond donors (Lipinski definition) is 0. The first-order chi connectivity index (χ1) is 7.54. The van der Waals surface area contributed by atoms with Crippen LogP contribution < -0.4 is 0 Å². The first kappa shape index (κ1) is 14.3. The topological polar surface area (TPSA) is 26.3 Å².